The minimum atomic E-state index is -0.565. The number of nitrogens with one attached hydrogen (secondary N) is 2. The summed E-state index contributed by atoms with van der Waals surface area (Å²) >= 11 is 0. The van der Waals surface area contributed by atoms with Crippen molar-refractivity contribution in [3.63, 3.8) is 0 Å². The quantitative estimate of drug-likeness (QED) is 0.623. The van der Waals surface area contributed by atoms with Crippen LogP contribution < -0.4 is 16.2 Å². The fourth-order valence-corrected chi connectivity index (χ4v) is 4.73. The summed E-state index contributed by atoms with van der Waals surface area (Å²) in [6, 6.07) is 11.4. The number of carbonyl (C=O) groups is 2. The lowest BCUT2D eigenvalue weighted by atomic mass is 9.83. The molecule has 10 heteroatoms. The number of anilines is 2. The molecular formula is C24H21N7O3. The van der Waals surface area contributed by atoms with E-state index in [1.165, 1.54) is 18.6 Å². The van der Waals surface area contributed by atoms with Crippen molar-refractivity contribution in [3.8, 4) is 6.07 Å². The van der Waals surface area contributed by atoms with Crippen LogP contribution in [0.25, 0.3) is 0 Å². The van der Waals surface area contributed by atoms with Gasteiger partial charge in [0.2, 0.25) is 0 Å². The molecule has 2 N–H and O–H groups in total. The Morgan fingerprint density at radius 3 is 2.76 bits per heavy atom. The summed E-state index contributed by atoms with van der Waals surface area (Å²) in [4.78, 5) is 48.3. The highest BCUT2D eigenvalue weighted by molar-refractivity contribution is 5.99. The molecule has 3 amide bonds. The molecule has 0 aliphatic carbocycles. The number of aromatic nitrogens is 3. The number of amides is 3. The second-order valence-corrected chi connectivity index (χ2v) is 8.46. The Kier molecular flexibility index (Phi) is 5.51. The van der Waals surface area contributed by atoms with Crippen molar-refractivity contribution in [1.82, 2.24) is 19.4 Å². The van der Waals surface area contributed by atoms with E-state index in [4.69, 9.17) is 5.26 Å². The third-order valence-corrected chi connectivity index (χ3v) is 6.17. The minimum Gasteiger partial charge on any atom is -0.336 e. The van der Waals surface area contributed by atoms with Crippen LogP contribution >= 0.6 is 0 Å². The Bertz CT molecular complexity index is 1360. The first-order chi connectivity index (χ1) is 16.5. The van der Waals surface area contributed by atoms with Crippen molar-refractivity contribution in [1.29, 1.82) is 5.26 Å². The Hall–Kier alpha value is -4.52. The number of pyridine rings is 1. The van der Waals surface area contributed by atoms with Crippen LogP contribution in [-0.4, -0.2) is 44.5 Å². The maximum atomic E-state index is 13.1. The highest BCUT2D eigenvalue weighted by Gasteiger charge is 2.37. The molecule has 34 heavy (non-hydrogen) atoms. The number of benzene rings is 1. The molecule has 2 atom stereocenters. The maximum Gasteiger partial charge on any atom is 0.323 e. The first-order valence-electron chi connectivity index (χ1n) is 10.9. The molecule has 10 nitrogen and oxygen atoms in total. The van der Waals surface area contributed by atoms with E-state index < -0.39 is 6.03 Å². The first kappa shape index (κ1) is 21.3. The number of urea groups is 1. The fraction of sp³-hybridized carbons (Fsp3) is 0.250. The molecule has 0 saturated carbocycles. The van der Waals surface area contributed by atoms with Gasteiger partial charge in [0, 0.05) is 49.3 Å². The minimum absolute atomic E-state index is 0.0254. The molecule has 2 unspecified atom stereocenters. The van der Waals surface area contributed by atoms with E-state index in [9.17, 15) is 14.4 Å². The van der Waals surface area contributed by atoms with Gasteiger partial charge in [-0.2, -0.15) is 5.26 Å². The number of hydrogen-bond donors (Lipinski definition) is 2. The molecule has 1 aromatic carbocycles. The number of hydrogen-bond acceptors (Lipinski definition) is 6. The van der Waals surface area contributed by atoms with Crippen molar-refractivity contribution >= 4 is 23.3 Å². The van der Waals surface area contributed by atoms with Crippen molar-refractivity contribution in [2.45, 2.75) is 18.9 Å². The van der Waals surface area contributed by atoms with Gasteiger partial charge >= 0.3 is 6.03 Å². The number of rotatable bonds is 3. The zero-order chi connectivity index (χ0) is 23.7. The van der Waals surface area contributed by atoms with Gasteiger partial charge in [0.1, 0.15) is 11.4 Å². The molecule has 1 fully saturated rings. The van der Waals surface area contributed by atoms with Gasteiger partial charge in [-0.1, -0.05) is 6.07 Å². The Morgan fingerprint density at radius 1 is 1.09 bits per heavy atom. The molecule has 1 saturated heterocycles. The third kappa shape index (κ3) is 4.11. The predicted octanol–water partition coefficient (Wildman–Crippen LogP) is 2.41. The molecule has 0 radical (unpaired) electrons. The summed E-state index contributed by atoms with van der Waals surface area (Å²) in [7, 11) is 0. The summed E-state index contributed by atoms with van der Waals surface area (Å²) in [5.41, 5.74) is 1.94. The standard InChI is InChI=1S/C24H21N7O3/c25-10-15-2-1-3-18(9-15)28-24(34)29-19-4-5-21-17-8-16(13-31(21)23(19)33)12-30(14-17)22(32)20-11-26-6-7-27-20/h1-7,9,11,16-17H,8,12-14H2,(H2,28,29,34). The molecule has 5 rings (SSSR count). The first-order valence-corrected chi connectivity index (χ1v) is 10.9. The van der Waals surface area contributed by atoms with Crippen LogP contribution in [0.1, 0.15) is 34.1 Å². The van der Waals surface area contributed by atoms with Crippen LogP contribution in [0.4, 0.5) is 16.2 Å². The molecule has 3 aromatic rings. The fourth-order valence-electron chi connectivity index (χ4n) is 4.73. The number of fused-ring (bicyclic) bond motifs is 4. The van der Waals surface area contributed by atoms with Crippen LogP contribution in [0.15, 0.2) is 59.8 Å². The lowest BCUT2D eigenvalue weighted by molar-refractivity contribution is 0.0588. The Labute approximate surface area is 194 Å². The zero-order valence-corrected chi connectivity index (χ0v) is 18.1. The van der Waals surface area contributed by atoms with Crippen LogP contribution in [0.3, 0.4) is 0 Å². The molecule has 2 aromatic heterocycles. The maximum absolute atomic E-state index is 13.1. The van der Waals surface area contributed by atoms with Gasteiger partial charge in [-0.15, -0.1) is 0 Å². The molecule has 2 bridgehead atoms. The molecule has 2 aliphatic heterocycles. The molecular weight excluding hydrogens is 434 g/mol. The van der Waals surface area contributed by atoms with Gasteiger partial charge in [0.15, 0.2) is 0 Å². The summed E-state index contributed by atoms with van der Waals surface area (Å²) in [6.07, 6.45) is 5.38. The highest BCUT2D eigenvalue weighted by Crippen LogP contribution is 2.35. The van der Waals surface area contributed by atoms with Crippen molar-refractivity contribution < 1.29 is 9.59 Å². The zero-order valence-electron chi connectivity index (χ0n) is 18.1. The average Bonchev–Trinajstić information content (AvgIpc) is 2.86. The number of nitriles is 1. The van der Waals surface area contributed by atoms with E-state index in [1.807, 2.05) is 12.1 Å². The van der Waals surface area contributed by atoms with Gasteiger partial charge in [-0.05, 0) is 42.7 Å². The predicted molar refractivity (Wildman–Crippen MR) is 123 cm³/mol. The van der Waals surface area contributed by atoms with E-state index in [-0.39, 0.29) is 29.0 Å². The van der Waals surface area contributed by atoms with Crippen LogP contribution in [-0.2, 0) is 6.54 Å². The van der Waals surface area contributed by atoms with Crippen LogP contribution in [0.2, 0.25) is 0 Å². The topological polar surface area (TPSA) is 133 Å². The lowest BCUT2D eigenvalue weighted by Gasteiger charge is -2.42. The van der Waals surface area contributed by atoms with Crippen LogP contribution in [0.5, 0.6) is 0 Å². The number of nitrogens with zero attached hydrogens (tertiary/aromatic N) is 5. The molecule has 2 aliphatic rings. The third-order valence-electron chi connectivity index (χ3n) is 6.17. The number of likely N-dealkylation sites (tertiary alicyclic amines) is 1. The normalized spacial score (nSPS) is 18.4. The van der Waals surface area contributed by atoms with Crippen LogP contribution in [0, 0.1) is 17.2 Å². The van der Waals surface area contributed by atoms with Crippen molar-refractivity contribution in [2.24, 2.45) is 5.92 Å². The summed E-state index contributed by atoms with van der Waals surface area (Å²) < 4.78 is 1.70. The average molecular weight is 455 g/mol. The number of carbonyl (C=O) groups excluding carboxylic acids is 2. The molecule has 170 valence electrons. The van der Waals surface area contributed by atoms with Gasteiger partial charge in [0.25, 0.3) is 11.5 Å². The van der Waals surface area contributed by atoms with Gasteiger partial charge in [-0.25, -0.2) is 9.78 Å². The van der Waals surface area contributed by atoms with E-state index in [1.54, 1.807) is 39.8 Å². The second-order valence-electron chi connectivity index (χ2n) is 8.46. The Balaban J connectivity index is 1.32. The van der Waals surface area contributed by atoms with Gasteiger partial charge in [0.05, 0.1) is 17.8 Å². The molecule has 4 heterocycles. The summed E-state index contributed by atoms with van der Waals surface area (Å²) in [6.45, 7) is 1.50. The van der Waals surface area contributed by atoms with E-state index >= 15 is 0 Å². The van der Waals surface area contributed by atoms with Crippen molar-refractivity contribution in [2.75, 3.05) is 23.7 Å². The second kappa shape index (κ2) is 8.78. The summed E-state index contributed by atoms with van der Waals surface area (Å²) in [5.74, 6) is -0.00573. The van der Waals surface area contributed by atoms with Gasteiger partial charge in [-0.3, -0.25) is 14.6 Å². The summed E-state index contributed by atoms with van der Waals surface area (Å²) in [5, 5.41) is 14.3. The van der Waals surface area contributed by atoms with Gasteiger partial charge < -0.3 is 20.1 Å². The largest absolute Gasteiger partial charge is 0.336 e. The Morgan fingerprint density at radius 2 is 1.97 bits per heavy atom. The van der Waals surface area contributed by atoms with E-state index in [0.29, 0.717) is 36.6 Å². The smallest absolute Gasteiger partial charge is 0.323 e. The lowest BCUT2D eigenvalue weighted by Crippen LogP contribution is -2.49. The van der Waals surface area contributed by atoms with E-state index in [2.05, 4.69) is 20.6 Å². The SMILES string of the molecule is N#Cc1cccc(NC(=O)Nc2ccc3n(c2=O)CC2CC3CN(C(=O)c3cnccn3)C2)c1. The number of piperidine rings is 1. The monoisotopic (exact) mass is 455 g/mol. The van der Waals surface area contributed by atoms with Crippen molar-refractivity contribution in [3.05, 3.63) is 82.3 Å². The van der Waals surface area contributed by atoms with E-state index in [0.717, 1.165) is 12.1 Å². The molecule has 0 spiro atoms. The highest BCUT2D eigenvalue weighted by atomic mass is 16.2.